The van der Waals surface area contributed by atoms with Gasteiger partial charge in [-0.3, -0.25) is 19.2 Å². The third-order valence-corrected chi connectivity index (χ3v) is 3.64. The molecule has 106 valence electrons. The fraction of sp³-hybridized carbons (Fsp3) is 0.250. The van der Waals surface area contributed by atoms with Crippen molar-refractivity contribution in [1.82, 2.24) is 0 Å². The van der Waals surface area contributed by atoms with Crippen LogP contribution in [0.4, 0.5) is 5.69 Å². The summed E-state index contributed by atoms with van der Waals surface area (Å²) in [6, 6.07) is 3.13. The molecule has 0 fully saturated rings. The number of nitrogens with zero attached hydrogens (tertiary/aromatic N) is 1. The van der Waals surface area contributed by atoms with Crippen LogP contribution >= 0.6 is 15.2 Å². The van der Waals surface area contributed by atoms with Gasteiger partial charge in [0.2, 0.25) is 0 Å². The van der Waals surface area contributed by atoms with Crippen LogP contribution in [0.3, 0.4) is 0 Å². The lowest BCUT2D eigenvalue weighted by atomic mass is 10.1. The Bertz CT molecular complexity index is 588. The van der Waals surface area contributed by atoms with E-state index in [-0.39, 0.29) is 11.1 Å². The van der Waals surface area contributed by atoms with Crippen molar-refractivity contribution < 1.29 is 33.6 Å². The first kappa shape index (κ1) is 16.0. The second-order valence-electron chi connectivity index (χ2n) is 3.87. The summed E-state index contributed by atoms with van der Waals surface area (Å²) in [5.41, 5.74) is -0.690. The van der Waals surface area contributed by atoms with E-state index in [4.69, 9.17) is 19.6 Å². The molecule has 0 unspecified atom stereocenters. The largest absolute Gasteiger partial charge is 0.330 e. The van der Waals surface area contributed by atoms with Crippen LogP contribution in [0.5, 0.6) is 0 Å². The lowest BCUT2D eigenvalue weighted by molar-refractivity contribution is -0.385. The van der Waals surface area contributed by atoms with Crippen LogP contribution in [0.15, 0.2) is 18.2 Å². The summed E-state index contributed by atoms with van der Waals surface area (Å²) in [5, 5.41) is 10.7. The zero-order valence-electron chi connectivity index (χ0n) is 9.41. The zero-order valence-corrected chi connectivity index (χ0v) is 11.2. The molecule has 11 heteroatoms. The van der Waals surface area contributed by atoms with Crippen LogP contribution < -0.4 is 0 Å². The Balaban J connectivity index is 3.22. The van der Waals surface area contributed by atoms with E-state index in [2.05, 4.69) is 0 Å². The molecule has 0 saturated carbocycles. The van der Waals surface area contributed by atoms with Crippen LogP contribution in [-0.2, 0) is 21.5 Å². The number of nitro benzene ring substituents is 1. The minimum atomic E-state index is -4.52. The lowest BCUT2D eigenvalue weighted by Gasteiger charge is -2.08. The topological polar surface area (TPSA) is 158 Å². The van der Waals surface area contributed by atoms with Gasteiger partial charge < -0.3 is 19.6 Å². The Morgan fingerprint density at radius 3 is 2.00 bits per heavy atom. The summed E-state index contributed by atoms with van der Waals surface area (Å²) in [6.45, 7) is 0. The molecule has 0 saturated heterocycles. The second kappa shape index (κ2) is 5.50. The molecule has 1 rings (SSSR count). The van der Waals surface area contributed by atoms with Crippen molar-refractivity contribution in [3.63, 3.8) is 0 Å². The van der Waals surface area contributed by atoms with Crippen molar-refractivity contribution in [2.45, 2.75) is 12.3 Å². The fourth-order valence-electron chi connectivity index (χ4n) is 1.50. The number of hydrogen-bond acceptors (Lipinski definition) is 4. The molecule has 9 nitrogen and oxygen atoms in total. The number of nitro groups is 1. The van der Waals surface area contributed by atoms with Gasteiger partial charge in [0, 0.05) is 11.6 Å². The smallest absolute Gasteiger partial charge is 0.324 e. The van der Waals surface area contributed by atoms with Crippen LogP contribution in [0.1, 0.15) is 11.1 Å². The Labute approximate surface area is 107 Å². The molecule has 19 heavy (non-hydrogen) atoms. The Morgan fingerprint density at radius 1 is 1.05 bits per heavy atom. The molecule has 0 atom stereocenters. The zero-order chi connectivity index (χ0) is 14.8. The van der Waals surface area contributed by atoms with Crippen molar-refractivity contribution in [2.24, 2.45) is 0 Å². The van der Waals surface area contributed by atoms with Gasteiger partial charge in [0.25, 0.3) is 5.69 Å². The van der Waals surface area contributed by atoms with Gasteiger partial charge in [0.1, 0.15) is 0 Å². The maximum absolute atomic E-state index is 10.9. The molecule has 0 radical (unpaired) electrons. The third-order valence-electron chi connectivity index (χ3n) is 2.11. The second-order valence-corrected chi connectivity index (χ2v) is 7.16. The van der Waals surface area contributed by atoms with Crippen LogP contribution in [-0.4, -0.2) is 24.5 Å². The predicted octanol–water partition coefficient (Wildman–Crippen LogP) is 0.950. The van der Waals surface area contributed by atoms with Crippen molar-refractivity contribution in [1.29, 1.82) is 0 Å². The van der Waals surface area contributed by atoms with Gasteiger partial charge in [-0.05, 0) is 11.6 Å². The van der Waals surface area contributed by atoms with Crippen molar-refractivity contribution in [2.75, 3.05) is 0 Å². The van der Waals surface area contributed by atoms with E-state index in [1.165, 1.54) is 0 Å². The van der Waals surface area contributed by atoms with Gasteiger partial charge in [-0.15, -0.1) is 0 Å². The Kier molecular flexibility index (Phi) is 4.63. The number of hydrogen-bond donors (Lipinski definition) is 4. The first-order valence-electron chi connectivity index (χ1n) is 4.83. The molecule has 1 aromatic carbocycles. The highest BCUT2D eigenvalue weighted by molar-refractivity contribution is 7.51. The average Bonchev–Trinajstić information content (AvgIpc) is 2.11. The van der Waals surface area contributed by atoms with E-state index in [0.717, 1.165) is 18.2 Å². The molecule has 0 heterocycles. The SMILES string of the molecule is O=[N+]([O-])c1ccc(CP(=O)(O)O)cc1CP(=O)(O)O. The van der Waals surface area contributed by atoms with Crippen LogP contribution in [0.25, 0.3) is 0 Å². The van der Waals surface area contributed by atoms with Gasteiger partial charge in [-0.2, -0.15) is 0 Å². The first-order valence-corrected chi connectivity index (χ1v) is 8.43. The summed E-state index contributed by atoms with van der Waals surface area (Å²) in [4.78, 5) is 45.2. The highest BCUT2D eigenvalue weighted by atomic mass is 31.2. The van der Waals surface area contributed by atoms with E-state index in [9.17, 15) is 19.2 Å². The van der Waals surface area contributed by atoms with Gasteiger partial charge in [-0.25, -0.2) is 0 Å². The molecular formula is C8H11NO8P2. The van der Waals surface area contributed by atoms with E-state index in [1.807, 2.05) is 0 Å². The molecule has 0 aliphatic rings. The molecule has 0 aromatic heterocycles. The maximum Gasteiger partial charge on any atom is 0.330 e. The molecule has 0 amide bonds. The summed E-state index contributed by atoms with van der Waals surface area (Å²) in [5.74, 6) is 0. The van der Waals surface area contributed by atoms with E-state index < -0.39 is 38.1 Å². The predicted molar refractivity (Wildman–Crippen MR) is 64.6 cm³/mol. The summed E-state index contributed by atoms with van der Waals surface area (Å²) in [6.07, 6.45) is -1.52. The Morgan fingerprint density at radius 2 is 1.58 bits per heavy atom. The minimum Gasteiger partial charge on any atom is -0.324 e. The van der Waals surface area contributed by atoms with Crippen LogP contribution in [0, 0.1) is 10.1 Å². The Hall–Kier alpha value is -1.08. The summed E-state index contributed by atoms with van der Waals surface area (Å²) in [7, 11) is -8.89. The standard InChI is InChI=1S/C8H11NO8P2/c10-9(11)8-2-1-6(4-18(12,13)14)3-7(8)5-19(15,16)17/h1-3H,4-5H2,(H2,12,13,14)(H2,15,16,17). The van der Waals surface area contributed by atoms with Crippen molar-refractivity contribution in [3.8, 4) is 0 Å². The maximum atomic E-state index is 10.9. The molecular weight excluding hydrogens is 300 g/mol. The highest BCUT2D eigenvalue weighted by Gasteiger charge is 2.24. The van der Waals surface area contributed by atoms with Gasteiger partial charge in [0.05, 0.1) is 17.2 Å². The van der Waals surface area contributed by atoms with Crippen molar-refractivity contribution in [3.05, 3.63) is 39.4 Å². The molecule has 0 aliphatic heterocycles. The highest BCUT2D eigenvalue weighted by Crippen LogP contribution is 2.43. The van der Waals surface area contributed by atoms with E-state index >= 15 is 0 Å². The summed E-state index contributed by atoms with van der Waals surface area (Å²) >= 11 is 0. The van der Waals surface area contributed by atoms with Gasteiger partial charge in [-0.1, -0.05) is 6.07 Å². The van der Waals surface area contributed by atoms with Crippen LogP contribution in [0.2, 0.25) is 0 Å². The third kappa shape index (κ3) is 5.61. The number of rotatable bonds is 5. The van der Waals surface area contributed by atoms with E-state index in [0.29, 0.717) is 0 Å². The summed E-state index contributed by atoms with van der Waals surface area (Å²) < 4.78 is 21.7. The van der Waals surface area contributed by atoms with Crippen molar-refractivity contribution >= 4 is 20.9 Å². The molecule has 0 bridgehead atoms. The van der Waals surface area contributed by atoms with E-state index in [1.54, 1.807) is 0 Å². The molecule has 0 spiro atoms. The average molecular weight is 311 g/mol. The van der Waals surface area contributed by atoms with Gasteiger partial charge in [0.15, 0.2) is 0 Å². The lowest BCUT2D eigenvalue weighted by Crippen LogP contribution is -1.98. The quantitative estimate of drug-likeness (QED) is 0.355. The molecule has 1 aromatic rings. The monoisotopic (exact) mass is 311 g/mol. The minimum absolute atomic E-state index is 0.0717. The normalized spacial score (nSPS) is 12.4. The fourth-order valence-corrected chi connectivity index (χ4v) is 2.87. The molecule has 0 aliphatic carbocycles. The first-order chi connectivity index (χ1) is 8.48. The molecule has 4 N–H and O–H groups in total. The number of benzene rings is 1. The van der Waals surface area contributed by atoms with Gasteiger partial charge >= 0.3 is 15.2 Å².